The van der Waals surface area contributed by atoms with Gasteiger partial charge < -0.3 is 20.1 Å². The standard InChI is InChI=1S/C10H12N2O7/c13-4-6-8(15)9(16)10(19-6)11-3-5(12(17)18)1-2-7(11)14/h1-3,6,8-10,13,15-16H,4H2/t6-,8-,9+,10+/m0/s1. The summed E-state index contributed by atoms with van der Waals surface area (Å²) in [4.78, 5) is 21.6. The zero-order valence-electron chi connectivity index (χ0n) is 9.62. The molecule has 9 heteroatoms. The lowest BCUT2D eigenvalue weighted by Gasteiger charge is -2.16. The van der Waals surface area contributed by atoms with Crippen molar-refractivity contribution in [1.29, 1.82) is 0 Å². The van der Waals surface area contributed by atoms with Crippen LogP contribution in [0.5, 0.6) is 0 Å². The Balaban J connectivity index is 2.39. The van der Waals surface area contributed by atoms with E-state index in [1.165, 1.54) is 0 Å². The molecule has 0 spiro atoms. The van der Waals surface area contributed by atoms with Gasteiger partial charge in [0.25, 0.3) is 11.2 Å². The SMILES string of the molecule is O=c1ccc([N+](=O)[O-])cn1[C@@H]1O[C@@H](CO)[C@H](O)[C@H]1O. The van der Waals surface area contributed by atoms with Gasteiger partial charge in [-0.1, -0.05) is 0 Å². The van der Waals surface area contributed by atoms with Gasteiger partial charge in [-0.25, -0.2) is 0 Å². The molecule has 1 aliphatic heterocycles. The highest BCUT2D eigenvalue weighted by molar-refractivity contribution is 5.25. The van der Waals surface area contributed by atoms with Crippen LogP contribution in [-0.4, -0.2) is 49.7 Å². The van der Waals surface area contributed by atoms with Gasteiger partial charge >= 0.3 is 0 Å². The second-order valence-electron chi connectivity index (χ2n) is 4.12. The maximum atomic E-state index is 11.6. The zero-order valence-corrected chi connectivity index (χ0v) is 9.62. The summed E-state index contributed by atoms with van der Waals surface area (Å²) in [6.07, 6.45) is -4.24. The Morgan fingerprint density at radius 3 is 2.58 bits per heavy atom. The summed E-state index contributed by atoms with van der Waals surface area (Å²) in [5, 5.41) is 38.9. The molecule has 0 aromatic carbocycles. The Bertz CT molecular complexity index is 543. The highest BCUT2D eigenvalue weighted by Crippen LogP contribution is 2.28. The molecule has 1 aliphatic rings. The maximum absolute atomic E-state index is 11.6. The number of aliphatic hydroxyl groups excluding tert-OH is 3. The molecule has 0 unspecified atom stereocenters. The monoisotopic (exact) mass is 272 g/mol. The van der Waals surface area contributed by atoms with Crippen molar-refractivity contribution in [3.05, 3.63) is 38.8 Å². The summed E-state index contributed by atoms with van der Waals surface area (Å²) in [5.41, 5.74) is -0.974. The molecule has 19 heavy (non-hydrogen) atoms. The molecule has 1 saturated heterocycles. The van der Waals surface area contributed by atoms with E-state index < -0.39 is 41.6 Å². The largest absolute Gasteiger partial charge is 0.394 e. The number of aromatic nitrogens is 1. The molecule has 0 amide bonds. The van der Waals surface area contributed by atoms with Crippen molar-refractivity contribution >= 4 is 5.69 Å². The molecule has 1 fully saturated rings. The molecule has 9 nitrogen and oxygen atoms in total. The van der Waals surface area contributed by atoms with Crippen molar-refractivity contribution in [2.24, 2.45) is 0 Å². The van der Waals surface area contributed by atoms with Crippen molar-refractivity contribution in [3.63, 3.8) is 0 Å². The topological polar surface area (TPSA) is 135 Å². The number of ether oxygens (including phenoxy) is 1. The third kappa shape index (κ3) is 2.36. The first-order chi connectivity index (χ1) is 8.95. The van der Waals surface area contributed by atoms with Gasteiger partial charge in [-0.3, -0.25) is 19.5 Å². The van der Waals surface area contributed by atoms with Crippen LogP contribution in [0.4, 0.5) is 5.69 Å². The Morgan fingerprint density at radius 2 is 2.05 bits per heavy atom. The lowest BCUT2D eigenvalue weighted by atomic mass is 10.1. The van der Waals surface area contributed by atoms with E-state index in [2.05, 4.69) is 0 Å². The fraction of sp³-hybridized carbons (Fsp3) is 0.500. The van der Waals surface area contributed by atoms with Gasteiger partial charge in [0.05, 0.1) is 17.7 Å². The lowest BCUT2D eigenvalue weighted by Crippen LogP contribution is -2.35. The van der Waals surface area contributed by atoms with E-state index in [9.17, 15) is 25.1 Å². The van der Waals surface area contributed by atoms with E-state index in [-0.39, 0.29) is 5.69 Å². The van der Waals surface area contributed by atoms with Crippen LogP contribution in [0.15, 0.2) is 23.1 Å². The molecular weight excluding hydrogens is 260 g/mol. The summed E-state index contributed by atoms with van der Waals surface area (Å²) in [6.45, 7) is -0.543. The first kappa shape index (κ1) is 13.6. The van der Waals surface area contributed by atoms with Crippen LogP contribution in [0.25, 0.3) is 0 Å². The summed E-state index contributed by atoms with van der Waals surface area (Å²) in [5.74, 6) is 0. The van der Waals surface area contributed by atoms with Gasteiger partial charge in [-0.15, -0.1) is 0 Å². The fourth-order valence-electron chi connectivity index (χ4n) is 1.91. The van der Waals surface area contributed by atoms with Crippen molar-refractivity contribution in [1.82, 2.24) is 4.57 Å². The van der Waals surface area contributed by atoms with E-state index in [1.807, 2.05) is 0 Å². The van der Waals surface area contributed by atoms with Crippen molar-refractivity contribution in [3.8, 4) is 0 Å². The van der Waals surface area contributed by atoms with Crippen LogP contribution in [-0.2, 0) is 4.74 Å². The van der Waals surface area contributed by atoms with E-state index in [0.29, 0.717) is 0 Å². The molecule has 0 aliphatic carbocycles. The predicted molar refractivity (Wildman–Crippen MR) is 60.4 cm³/mol. The predicted octanol–water partition coefficient (Wildman–Crippen LogP) is -1.63. The molecule has 104 valence electrons. The normalized spacial score (nSPS) is 30.5. The minimum absolute atomic E-state index is 0.350. The van der Waals surface area contributed by atoms with Gasteiger partial charge in [0.2, 0.25) is 0 Å². The average molecular weight is 272 g/mol. The van der Waals surface area contributed by atoms with Crippen LogP contribution < -0.4 is 5.56 Å². The van der Waals surface area contributed by atoms with Gasteiger partial charge in [0.1, 0.15) is 18.3 Å². The van der Waals surface area contributed by atoms with E-state index in [1.54, 1.807) is 0 Å². The second kappa shape index (κ2) is 5.05. The van der Waals surface area contributed by atoms with Crippen molar-refractivity contribution < 1.29 is 25.0 Å². The molecular formula is C10H12N2O7. The Hall–Kier alpha value is -1.81. The molecule has 0 bridgehead atoms. The molecule has 4 atom stereocenters. The minimum atomic E-state index is -1.46. The first-order valence-electron chi connectivity index (χ1n) is 5.44. The Morgan fingerprint density at radius 1 is 1.37 bits per heavy atom. The van der Waals surface area contributed by atoms with E-state index >= 15 is 0 Å². The average Bonchev–Trinajstić information content (AvgIpc) is 2.66. The van der Waals surface area contributed by atoms with Crippen molar-refractivity contribution in [2.75, 3.05) is 6.61 Å². The Labute approximate surface area is 106 Å². The van der Waals surface area contributed by atoms with Gasteiger partial charge in [-0.05, 0) is 0 Å². The Kier molecular flexibility index (Phi) is 3.62. The fourth-order valence-corrected chi connectivity index (χ4v) is 1.91. The molecule has 2 heterocycles. The molecule has 1 aromatic rings. The third-order valence-electron chi connectivity index (χ3n) is 2.92. The number of aliphatic hydroxyl groups is 3. The van der Waals surface area contributed by atoms with E-state index in [0.717, 1.165) is 22.9 Å². The number of rotatable bonds is 3. The first-order valence-corrected chi connectivity index (χ1v) is 5.44. The molecule has 0 radical (unpaired) electrons. The number of nitro groups is 1. The van der Waals surface area contributed by atoms with Crippen molar-refractivity contribution in [2.45, 2.75) is 24.5 Å². The van der Waals surface area contributed by atoms with Crippen LogP contribution in [0.2, 0.25) is 0 Å². The summed E-state index contributed by atoms with van der Waals surface area (Å²) in [6, 6.07) is 1.99. The highest BCUT2D eigenvalue weighted by atomic mass is 16.6. The zero-order chi connectivity index (χ0) is 14.2. The summed E-state index contributed by atoms with van der Waals surface area (Å²) in [7, 11) is 0. The molecule has 0 saturated carbocycles. The van der Waals surface area contributed by atoms with Crippen LogP contribution in [0, 0.1) is 10.1 Å². The quantitative estimate of drug-likeness (QED) is 0.444. The number of nitrogens with zero attached hydrogens (tertiary/aromatic N) is 2. The molecule has 1 aromatic heterocycles. The molecule has 2 rings (SSSR count). The number of hydrogen-bond acceptors (Lipinski definition) is 7. The van der Waals surface area contributed by atoms with E-state index in [4.69, 9.17) is 9.84 Å². The number of hydrogen-bond donors (Lipinski definition) is 3. The summed E-state index contributed by atoms with van der Waals surface area (Å²) < 4.78 is 5.95. The van der Waals surface area contributed by atoms with Crippen LogP contribution in [0.3, 0.4) is 0 Å². The van der Waals surface area contributed by atoms with Gasteiger partial charge in [-0.2, -0.15) is 0 Å². The number of pyridine rings is 1. The van der Waals surface area contributed by atoms with Crippen LogP contribution in [0.1, 0.15) is 6.23 Å². The summed E-state index contributed by atoms with van der Waals surface area (Å²) >= 11 is 0. The van der Waals surface area contributed by atoms with Gasteiger partial charge in [0, 0.05) is 12.1 Å². The second-order valence-corrected chi connectivity index (χ2v) is 4.12. The lowest BCUT2D eigenvalue weighted by molar-refractivity contribution is -0.385. The van der Waals surface area contributed by atoms with Gasteiger partial charge in [0.15, 0.2) is 6.23 Å². The smallest absolute Gasteiger partial charge is 0.285 e. The third-order valence-corrected chi connectivity index (χ3v) is 2.92. The molecule has 3 N–H and O–H groups in total. The minimum Gasteiger partial charge on any atom is -0.394 e. The van der Waals surface area contributed by atoms with Crippen LogP contribution >= 0.6 is 0 Å². The highest BCUT2D eigenvalue weighted by Gasteiger charge is 2.43. The maximum Gasteiger partial charge on any atom is 0.285 e.